The van der Waals surface area contributed by atoms with Gasteiger partial charge in [-0.3, -0.25) is 4.57 Å². The van der Waals surface area contributed by atoms with Crippen molar-refractivity contribution in [2.75, 3.05) is 0 Å². The zero-order chi connectivity index (χ0) is 18.0. The Balaban J connectivity index is 2.02. The molecule has 25 heavy (non-hydrogen) atoms. The molecule has 0 aliphatic rings. The van der Waals surface area contributed by atoms with Crippen molar-refractivity contribution in [1.29, 1.82) is 0 Å². The Morgan fingerprint density at radius 3 is 1.80 bits per heavy atom. The van der Waals surface area contributed by atoms with E-state index in [1.54, 1.807) is 0 Å². The predicted octanol–water partition coefficient (Wildman–Crippen LogP) is 5.51. The minimum Gasteiger partial charge on any atom is -0.380 e. The largest absolute Gasteiger partial charge is 0.380 e. The van der Waals surface area contributed by atoms with Gasteiger partial charge in [0.05, 0.1) is 13.2 Å². The lowest BCUT2D eigenvalue weighted by molar-refractivity contribution is 0.127. The van der Waals surface area contributed by atoms with Crippen molar-refractivity contribution in [3.05, 3.63) is 71.8 Å². The van der Waals surface area contributed by atoms with E-state index in [2.05, 4.69) is 6.92 Å². The number of hydrogen-bond acceptors (Lipinski definition) is 4. The van der Waals surface area contributed by atoms with E-state index in [4.69, 9.17) is 9.05 Å². The minimum absolute atomic E-state index is 0.151. The maximum absolute atomic E-state index is 13.2. The summed E-state index contributed by atoms with van der Waals surface area (Å²) in [5.41, 5.74) is 1.79. The molecular weight excluding hydrogens is 335 g/mol. The first-order valence-electron chi connectivity index (χ1n) is 8.79. The standard InChI is InChI=1S/C20H27O4P/c1-2-3-6-15-20(21)25(22,23-16-18-11-7-4-8-12-18)24-17-19-13-9-5-10-14-19/h4-5,7-14,20-21H,2-3,6,15-17H2,1H3. The minimum atomic E-state index is -3.63. The molecule has 5 heteroatoms. The fraction of sp³-hybridized carbons (Fsp3) is 0.400. The van der Waals surface area contributed by atoms with Gasteiger partial charge in [0.25, 0.3) is 0 Å². The first-order valence-corrected chi connectivity index (χ1v) is 10.4. The van der Waals surface area contributed by atoms with Crippen LogP contribution in [0.25, 0.3) is 0 Å². The highest BCUT2D eigenvalue weighted by Gasteiger charge is 2.34. The van der Waals surface area contributed by atoms with Crippen LogP contribution in [0.2, 0.25) is 0 Å². The van der Waals surface area contributed by atoms with E-state index in [0.29, 0.717) is 6.42 Å². The molecule has 0 fully saturated rings. The molecule has 136 valence electrons. The molecule has 0 aliphatic carbocycles. The van der Waals surface area contributed by atoms with E-state index >= 15 is 0 Å². The monoisotopic (exact) mass is 362 g/mol. The summed E-state index contributed by atoms with van der Waals surface area (Å²) in [6, 6.07) is 19.0. The van der Waals surface area contributed by atoms with Crippen LogP contribution in [0.1, 0.15) is 43.7 Å². The molecule has 0 saturated carbocycles. The predicted molar refractivity (Wildman–Crippen MR) is 100 cm³/mol. The van der Waals surface area contributed by atoms with Gasteiger partial charge in [-0.05, 0) is 17.5 Å². The molecule has 0 amide bonds. The summed E-state index contributed by atoms with van der Waals surface area (Å²) >= 11 is 0. The second kappa shape index (κ2) is 10.5. The van der Waals surface area contributed by atoms with Crippen LogP contribution in [0.15, 0.2) is 60.7 Å². The van der Waals surface area contributed by atoms with Crippen molar-refractivity contribution in [2.45, 2.75) is 51.7 Å². The van der Waals surface area contributed by atoms with E-state index in [-0.39, 0.29) is 13.2 Å². The van der Waals surface area contributed by atoms with Gasteiger partial charge >= 0.3 is 7.60 Å². The summed E-state index contributed by atoms with van der Waals surface area (Å²) in [4.78, 5) is 0. The summed E-state index contributed by atoms with van der Waals surface area (Å²) < 4.78 is 24.4. The van der Waals surface area contributed by atoms with Crippen LogP contribution in [0, 0.1) is 0 Å². The molecule has 1 atom stereocenters. The molecule has 4 nitrogen and oxygen atoms in total. The Hall–Kier alpha value is -1.45. The summed E-state index contributed by atoms with van der Waals surface area (Å²) in [5.74, 6) is -1.11. The van der Waals surface area contributed by atoms with E-state index < -0.39 is 13.4 Å². The molecule has 2 aromatic carbocycles. The lowest BCUT2D eigenvalue weighted by atomic mass is 10.2. The van der Waals surface area contributed by atoms with Gasteiger partial charge in [0.1, 0.15) is 0 Å². The molecule has 0 spiro atoms. The molecule has 0 bridgehead atoms. The maximum Gasteiger partial charge on any atom is 0.359 e. The van der Waals surface area contributed by atoms with Crippen molar-refractivity contribution in [3.63, 3.8) is 0 Å². The van der Waals surface area contributed by atoms with Crippen LogP contribution >= 0.6 is 7.60 Å². The Morgan fingerprint density at radius 2 is 1.36 bits per heavy atom. The lowest BCUT2D eigenvalue weighted by Gasteiger charge is -2.23. The molecular formula is C20H27O4P. The van der Waals surface area contributed by atoms with Crippen LogP contribution in [0.5, 0.6) is 0 Å². The third-order valence-electron chi connectivity index (χ3n) is 3.94. The van der Waals surface area contributed by atoms with Crippen LogP contribution in [-0.2, 0) is 26.8 Å². The highest BCUT2D eigenvalue weighted by molar-refractivity contribution is 7.54. The Labute approximate surface area is 150 Å². The van der Waals surface area contributed by atoms with Gasteiger partial charge < -0.3 is 14.2 Å². The molecule has 2 rings (SSSR count). The summed E-state index contributed by atoms with van der Waals surface area (Å²) in [6.45, 7) is 2.39. The van der Waals surface area contributed by atoms with Gasteiger partial charge in [0, 0.05) is 0 Å². The van der Waals surface area contributed by atoms with Crippen molar-refractivity contribution in [2.24, 2.45) is 0 Å². The Bertz CT molecular complexity index is 598. The quantitative estimate of drug-likeness (QED) is 0.423. The Kier molecular flexibility index (Phi) is 8.36. The van der Waals surface area contributed by atoms with Crippen molar-refractivity contribution in [1.82, 2.24) is 0 Å². The molecule has 0 radical (unpaired) electrons. The average molecular weight is 362 g/mol. The first kappa shape index (κ1) is 19.9. The number of benzene rings is 2. The number of unbranched alkanes of at least 4 members (excludes halogenated alkanes) is 2. The van der Waals surface area contributed by atoms with Gasteiger partial charge in [-0.15, -0.1) is 0 Å². The Morgan fingerprint density at radius 1 is 0.880 bits per heavy atom. The van der Waals surface area contributed by atoms with Gasteiger partial charge in [-0.2, -0.15) is 0 Å². The van der Waals surface area contributed by atoms with E-state index in [1.165, 1.54) is 0 Å². The maximum atomic E-state index is 13.2. The van der Waals surface area contributed by atoms with E-state index in [1.807, 2.05) is 60.7 Å². The smallest absolute Gasteiger partial charge is 0.359 e. The third kappa shape index (κ3) is 6.75. The van der Waals surface area contributed by atoms with Crippen molar-refractivity contribution < 1.29 is 18.7 Å². The van der Waals surface area contributed by atoms with Crippen molar-refractivity contribution in [3.8, 4) is 0 Å². The SMILES string of the molecule is CCCCCC(O)P(=O)(OCc1ccccc1)OCc1ccccc1. The lowest BCUT2D eigenvalue weighted by Crippen LogP contribution is -2.13. The normalized spacial score (nSPS) is 12.9. The first-order chi connectivity index (χ1) is 12.1. The highest BCUT2D eigenvalue weighted by atomic mass is 31.2. The van der Waals surface area contributed by atoms with Gasteiger partial charge in [-0.25, -0.2) is 0 Å². The van der Waals surface area contributed by atoms with Gasteiger partial charge in [0.2, 0.25) is 0 Å². The molecule has 0 aromatic heterocycles. The van der Waals surface area contributed by atoms with Crippen LogP contribution in [-0.4, -0.2) is 11.0 Å². The zero-order valence-electron chi connectivity index (χ0n) is 14.7. The molecule has 1 unspecified atom stereocenters. The third-order valence-corrected chi connectivity index (χ3v) is 5.91. The summed E-state index contributed by atoms with van der Waals surface area (Å²) in [5, 5.41) is 10.4. The van der Waals surface area contributed by atoms with Gasteiger partial charge in [-0.1, -0.05) is 86.8 Å². The summed E-state index contributed by atoms with van der Waals surface area (Å²) in [6.07, 6.45) is 3.22. The fourth-order valence-electron chi connectivity index (χ4n) is 2.42. The molecule has 2 aromatic rings. The number of hydrogen-bond donors (Lipinski definition) is 1. The second-order valence-corrected chi connectivity index (χ2v) is 8.23. The zero-order valence-corrected chi connectivity index (χ0v) is 15.6. The van der Waals surface area contributed by atoms with E-state index in [9.17, 15) is 9.67 Å². The second-order valence-electron chi connectivity index (χ2n) is 6.03. The van der Waals surface area contributed by atoms with Crippen LogP contribution in [0.4, 0.5) is 0 Å². The molecule has 1 N–H and O–H groups in total. The summed E-state index contributed by atoms with van der Waals surface area (Å²) in [7, 11) is -3.63. The highest BCUT2D eigenvalue weighted by Crippen LogP contribution is 2.54. The average Bonchev–Trinajstić information content (AvgIpc) is 2.66. The van der Waals surface area contributed by atoms with Crippen LogP contribution in [0.3, 0.4) is 0 Å². The van der Waals surface area contributed by atoms with Gasteiger partial charge in [0.15, 0.2) is 5.85 Å². The number of aliphatic hydroxyl groups excluding tert-OH is 1. The van der Waals surface area contributed by atoms with E-state index in [0.717, 1.165) is 30.4 Å². The molecule has 0 saturated heterocycles. The van der Waals surface area contributed by atoms with Crippen molar-refractivity contribution >= 4 is 7.60 Å². The number of aliphatic hydroxyl groups is 1. The fourth-order valence-corrected chi connectivity index (χ4v) is 4.00. The molecule has 0 aliphatic heterocycles. The number of rotatable bonds is 11. The topological polar surface area (TPSA) is 55.8 Å². The van der Waals surface area contributed by atoms with Crippen LogP contribution < -0.4 is 0 Å². The molecule has 0 heterocycles.